The number of hydrogen-bond acceptors (Lipinski definition) is 1. The molecule has 0 aliphatic heterocycles. The molecule has 17 heavy (non-hydrogen) atoms. The molecule has 0 N–H and O–H groups in total. The van der Waals surface area contributed by atoms with Gasteiger partial charge in [0, 0.05) is 6.10 Å². The quantitative estimate of drug-likeness (QED) is 0.337. The number of hydrogen-bond donors (Lipinski definition) is 0. The van der Waals surface area contributed by atoms with Crippen LogP contribution in [0.4, 0.5) is 0 Å². The molecule has 0 bridgehead atoms. The Hall–Kier alpha value is -0.0831. The lowest BCUT2D eigenvalue weighted by atomic mass is 10.0. The Kier molecular flexibility index (Phi) is 6.71. The van der Waals surface area contributed by atoms with Gasteiger partial charge in [-0.15, -0.1) is 6.58 Å². The minimum absolute atomic E-state index is 0.304. The van der Waals surface area contributed by atoms with Gasteiger partial charge in [0.05, 0.1) is 0 Å². The van der Waals surface area contributed by atoms with Crippen molar-refractivity contribution in [1.29, 1.82) is 0 Å². The second-order valence-electron chi connectivity index (χ2n) is 6.88. The van der Waals surface area contributed by atoms with Crippen molar-refractivity contribution >= 4 is 8.32 Å². The van der Waals surface area contributed by atoms with Crippen LogP contribution in [0.2, 0.25) is 18.1 Å². The molecule has 0 heterocycles. The Morgan fingerprint density at radius 2 is 1.76 bits per heavy atom. The number of unbranched alkanes of at least 4 members (excludes halogenated alkanes) is 1. The molecule has 0 aromatic rings. The molecule has 1 atom stereocenters. The van der Waals surface area contributed by atoms with Crippen LogP contribution in [0.5, 0.6) is 0 Å². The van der Waals surface area contributed by atoms with Crippen LogP contribution in [0.15, 0.2) is 12.7 Å². The van der Waals surface area contributed by atoms with Crippen molar-refractivity contribution in [2.24, 2.45) is 5.92 Å². The average molecular weight is 257 g/mol. The topological polar surface area (TPSA) is 9.23 Å². The van der Waals surface area contributed by atoms with Gasteiger partial charge in [-0.2, -0.15) is 0 Å². The van der Waals surface area contributed by atoms with Crippen molar-refractivity contribution in [2.75, 3.05) is 0 Å². The van der Waals surface area contributed by atoms with Crippen LogP contribution in [0.25, 0.3) is 0 Å². The molecule has 0 aromatic carbocycles. The molecule has 0 aliphatic carbocycles. The molecule has 0 spiro atoms. The summed E-state index contributed by atoms with van der Waals surface area (Å²) in [5, 5.41) is 0.304. The lowest BCUT2D eigenvalue weighted by molar-refractivity contribution is 0.123. The molecule has 1 unspecified atom stereocenters. The van der Waals surface area contributed by atoms with E-state index in [4.69, 9.17) is 4.43 Å². The van der Waals surface area contributed by atoms with Crippen LogP contribution in [0.1, 0.15) is 53.9 Å². The van der Waals surface area contributed by atoms with Crippen molar-refractivity contribution in [2.45, 2.75) is 78.1 Å². The molecule has 0 saturated carbocycles. The molecule has 0 rings (SSSR count). The molecule has 102 valence electrons. The predicted octanol–water partition coefficient (Wildman–Crippen LogP) is 5.39. The van der Waals surface area contributed by atoms with Crippen LogP contribution < -0.4 is 0 Å². The summed E-state index contributed by atoms with van der Waals surface area (Å²) in [5.41, 5.74) is 0. The van der Waals surface area contributed by atoms with E-state index < -0.39 is 8.32 Å². The van der Waals surface area contributed by atoms with E-state index in [-0.39, 0.29) is 0 Å². The first-order valence-corrected chi connectivity index (χ1v) is 9.81. The van der Waals surface area contributed by atoms with E-state index in [2.05, 4.69) is 54.3 Å². The molecule has 0 saturated heterocycles. The van der Waals surface area contributed by atoms with Crippen LogP contribution in [0.3, 0.4) is 0 Å². The second kappa shape index (κ2) is 6.74. The molecular weight excluding hydrogens is 224 g/mol. The fourth-order valence-electron chi connectivity index (χ4n) is 1.55. The molecule has 1 nitrogen and oxygen atoms in total. The SMILES string of the molecule is C=CCCCC(O[Si](C)(C)C(C)(C)C)C(C)C. The average Bonchev–Trinajstić information content (AvgIpc) is 2.14. The zero-order valence-electron chi connectivity index (χ0n) is 13.0. The molecule has 0 aliphatic rings. The van der Waals surface area contributed by atoms with Gasteiger partial charge in [-0.1, -0.05) is 40.7 Å². The monoisotopic (exact) mass is 256 g/mol. The van der Waals surface area contributed by atoms with Gasteiger partial charge in [0.1, 0.15) is 0 Å². The van der Waals surface area contributed by atoms with E-state index in [0.29, 0.717) is 17.1 Å². The highest BCUT2D eigenvalue weighted by Crippen LogP contribution is 2.38. The third kappa shape index (κ3) is 5.87. The van der Waals surface area contributed by atoms with Gasteiger partial charge in [0.25, 0.3) is 0 Å². The minimum atomic E-state index is -1.62. The van der Waals surface area contributed by atoms with Gasteiger partial charge in [0.2, 0.25) is 0 Å². The normalized spacial score (nSPS) is 15.1. The van der Waals surface area contributed by atoms with E-state index in [1.807, 2.05) is 6.08 Å². The first-order valence-electron chi connectivity index (χ1n) is 6.90. The smallest absolute Gasteiger partial charge is 0.192 e. The van der Waals surface area contributed by atoms with E-state index in [1.165, 1.54) is 6.42 Å². The van der Waals surface area contributed by atoms with Gasteiger partial charge in [0.15, 0.2) is 8.32 Å². The number of allylic oxidation sites excluding steroid dienone is 1. The first kappa shape index (κ1) is 16.9. The predicted molar refractivity (Wildman–Crippen MR) is 81.0 cm³/mol. The zero-order valence-corrected chi connectivity index (χ0v) is 14.0. The van der Waals surface area contributed by atoms with Crippen LogP contribution in [-0.4, -0.2) is 14.4 Å². The van der Waals surface area contributed by atoms with Crippen molar-refractivity contribution < 1.29 is 4.43 Å². The summed E-state index contributed by atoms with van der Waals surface area (Å²) < 4.78 is 6.51. The Morgan fingerprint density at radius 3 is 2.12 bits per heavy atom. The lowest BCUT2D eigenvalue weighted by Gasteiger charge is -2.40. The maximum atomic E-state index is 6.51. The minimum Gasteiger partial charge on any atom is -0.414 e. The van der Waals surface area contributed by atoms with Crippen LogP contribution >= 0.6 is 0 Å². The lowest BCUT2D eigenvalue weighted by Crippen LogP contribution is -2.45. The summed E-state index contributed by atoms with van der Waals surface area (Å²) in [6.07, 6.45) is 5.88. The Balaban J connectivity index is 4.48. The van der Waals surface area contributed by atoms with Gasteiger partial charge in [-0.05, 0) is 43.3 Å². The standard InChI is InChI=1S/C15H32OSi/c1-9-10-11-12-14(13(2)3)16-17(7,8)15(4,5)6/h9,13-14H,1,10-12H2,2-8H3. The molecule has 0 aromatic heterocycles. The zero-order chi connectivity index (χ0) is 13.7. The molecule has 0 amide bonds. The molecular formula is C15H32OSi. The van der Waals surface area contributed by atoms with Gasteiger partial charge < -0.3 is 4.43 Å². The summed E-state index contributed by atoms with van der Waals surface area (Å²) >= 11 is 0. The van der Waals surface area contributed by atoms with Gasteiger partial charge >= 0.3 is 0 Å². The number of rotatable bonds is 7. The van der Waals surface area contributed by atoms with Gasteiger partial charge in [-0.3, -0.25) is 0 Å². The highest BCUT2D eigenvalue weighted by molar-refractivity contribution is 6.74. The summed E-state index contributed by atoms with van der Waals surface area (Å²) in [7, 11) is -1.62. The second-order valence-corrected chi connectivity index (χ2v) is 11.6. The summed E-state index contributed by atoms with van der Waals surface area (Å²) in [5.74, 6) is 0.606. The Bertz CT molecular complexity index is 226. The third-order valence-electron chi connectivity index (χ3n) is 3.89. The summed E-state index contributed by atoms with van der Waals surface area (Å²) in [6.45, 7) is 19.9. The molecule has 0 radical (unpaired) electrons. The Morgan fingerprint density at radius 1 is 1.24 bits per heavy atom. The first-order chi connectivity index (χ1) is 7.62. The molecule has 0 fully saturated rings. The maximum absolute atomic E-state index is 6.51. The Labute approximate surface area is 110 Å². The van der Waals surface area contributed by atoms with Crippen molar-refractivity contribution in [3.05, 3.63) is 12.7 Å². The largest absolute Gasteiger partial charge is 0.414 e. The maximum Gasteiger partial charge on any atom is 0.192 e. The highest BCUT2D eigenvalue weighted by Gasteiger charge is 2.39. The van der Waals surface area contributed by atoms with Crippen molar-refractivity contribution in [3.63, 3.8) is 0 Å². The van der Waals surface area contributed by atoms with E-state index in [0.717, 1.165) is 12.8 Å². The highest BCUT2D eigenvalue weighted by atomic mass is 28.4. The molecule has 2 heteroatoms. The van der Waals surface area contributed by atoms with Gasteiger partial charge in [-0.25, -0.2) is 0 Å². The summed E-state index contributed by atoms with van der Waals surface area (Å²) in [4.78, 5) is 0. The van der Waals surface area contributed by atoms with E-state index >= 15 is 0 Å². The van der Waals surface area contributed by atoms with E-state index in [9.17, 15) is 0 Å². The van der Waals surface area contributed by atoms with Crippen LogP contribution in [-0.2, 0) is 4.43 Å². The fourth-order valence-corrected chi connectivity index (χ4v) is 3.05. The van der Waals surface area contributed by atoms with Crippen molar-refractivity contribution in [3.8, 4) is 0 Å². The van der Waals surface area contributed by atoms with Crippen molar-refractivity contribution in [1.82, 2.24) is 0 Å². The summed E-state index contributed by atoms with van der Waals surface area (Å²) in [6, 6.07) is 0. The third-order valence-corrected chi connectivity index (χ3v) is 8.40. The fraction of sp³-hybridized carbons (Fsp3) is 0.867. The van der Waals surface area contributed by atoms with Crippen LogP contribution in [0, 0.1) is 5.92 Å². The van der Waals surface area contributed by atoms with E-state index in [1.54, 1.807) is 0 Å².